The van der Waals surface area contributed by atoms with Crippen LogP contribution < -0.4 is 15.8 Å². The van der Waals surface area contributed by atoms with Gasteiger partial charge in [0.1, 0.15) is 24.7 Å². The molecule has 1 heterocycles. The average molecular weight is 437 g/mol. The second kappa shape index (κ2) is 10.5. The molecule has 6 nitrogen and oxygen atoms in total. The lowest BCUT2D eigenvalue weighted by Crippen LogP contribution is -2.43. The van der Waals surface area contributed by atoms with E-state index in [0.29, 0.717) is 19.1 Å². The zero-order valence-electron chi connectivity index (χ0n) is 16.0. The second-order valence-electron chi connectivity index (χ2n) is 6.95. The molecule has 1 fully saturated rings. The van der Waals surface area contributed by atoms with Crippen molar-refractivity contribution in [3.8, 4) is 5.75 Å². The normalized spacial score (nSPS) is 13.8. The van der Waals surface area contributed by atoms with Crippen LogP contribution in [0.4, 0.5) is 0 Å². The van der Waals surface area contributed by atoms with Crippen LogP contribution in [0.3, 0.4) is 0 Å². The second-order valence-corrected chi connectivity index (χ2v) is 6.95. The maximum atomic E-state index is 12.6. The number of rotatable bonds is 8. The molecule has 29 heavy (non-hydrogen) atoms. The standard InChI is InChI=1S/C21H24N4O2.2ClH/c22-12-18(15-10-11-15)24-21(26)13-25-19-9-5-4-8-17(19)23-20(25)14-27-16-6-2-1-3-7-16;;/h1-9,15,18H,10-14,22H2,(H,24,26);2*1H. The highest BCUT2D eigenvalue weighted by Crippen LogP contribution is 2.32. The van der Waals surface area contributed by atoms with Crippen LogP contribution in [0.25, 0.3) is 11.0 Å². The van der Waals surface area contributed by atoms with E-state index in [2.05, 4.69) is 10.3 Å². The number of amides is 1. The first-order valence-electron chi connectivity index (χ1n) is 9.36. The zero-order chi connectivity index (χ0) is 18.6. The molecule has 8 heteroatoms. The Bertz CT molecular complexity index is 929. The minimum atomic E-state index is -0.0403. The Morgan fingerprint density at radius 3 is 2.52 bits per heavy atom. The average Bonchev–Trinajstić information content (AvgIpc) is 3.49. The van der Waals surface area contributed by atoms with E-state index in [9.17, 15) is 4.79 Å². The van der Waals surface area contributed by atoms with Gasteiger partial charge in [-0.3, -0.25) is 4.79 Å². The summed E-state index contributed by atoms with van der Waals surface area (Å²) in [7, 11) is 0. The van der Waals surface area contributed by atoms with Crippen molar-refractivity contribution in [1.29, 1.82) is 0 Å². The number of nitrogens with zero attached hydrogens (tertiary/aromatic N) is 2. The molecular formula is C21H26Cl2N4O2. The fourth-order valence-corrected chi connectivity index (χ4v) is 3.34. The van der Waals surface area contributed by atoms with Gasteiger partial charge in [-0.25, -0.2) is 4.98 Å². The number of ether oxygens (including phenoxy) is 1. The van der Waals surface area contributed by atoms with Gasteiger partial charge in [0.25, 0.3) is 0 Å². The molecular weight excluding hydrogens is 411 g/mol. The summed E-state index contributed by atoms with van der Waals surface area (Å²) >= 11 is 0. The van der Waals surface area contributed by atoms with Gasteiger partial charge in [0.15, 0.2) is 0 Å². The summed E-state index contributed by atoms with van der Waals surface area (Å²) in [6, 6.07) is 17.5. The molecule has 1 aliphatic rings. The van der Waals surface area contributed by atoms with E-state index < -0.39 is 0 Å². The molecule has 1 atom stereocenters. The molecule has 3 N–H and O–H groups in total. The first-order chi connectivity index (χ1) is 13.2. The number of carbonyl (C=O) groups is 1. The maximum absolute atomic E-state index is 12.6. The quantitative estimate of drug-likeness (QED) is 0.567. The summed E-state index contributed by atoms with van der Waals surface area (Å²) in [5.74, 6) is 1.99. The number of nitrogens with two attached hydrogens (primary N) is 1. The molecule has 1 amide bonds. The zero-order valence-corrected chi connectivity index (χ0v) is 17.6. The summed E-state index contributed by atoms with van der Waals surface area (Å²) in [6.45, 7) is 0.983. The summed E-state index contributed by atoms with van der Waals surface area (Å²) < 4.78 is 7.78. The highest BCUT2D eigenvalue weighted by atomic mass is 35.5. The van der Waals surface area contributed by atoms with Crippen LogP contribution in [-0.4, -0.2) is 28.0 Å². The molecule has 1 aromatic heterocycles. The largest absolute Gasteiger partial charge is 0.486 e. The molecule has 0 bridgehead atoms. The van der Waals surface area contributed by atoms with Crippen molar-refractivity contribution in [3.05, 3.63) is 60.4 Å². The van der Waals surface area contributed by atoms with E-state index in [4.69, 9.17) is 10.5 Å². The van der Waals surface area contributed by atoms with Crippen LogP contribution in [0.15, 0.2) is 54.6 Å². The van der Waals surface area contributed by atoms with Crippen LogP contribution in [0.2, 0.25) is 0 Å². The van der Waals surface area contributed by atoms with Gasteiger partial charge in [0, 0.05) is 12.6 Å². The van der Waals surface area contributed by atoms with Crippen molar-refractivity contribution < 1.29 is 9.53 Å². The lowest BCUT2D eigenvalue weighted by Gasteiger charge is -2.17. The van der Waals surface area contributed by atoms with Crippen LogP contribution in [-0.2, 0) is 17.9 Å². The van der Waals surface area contributed by atoms with E-state index in [-0.39, 0.29) is 43.3 Å². The third kappa shape index (κ3) is 5.63. The number of carbonyl (C=O) groups excluding carboxylic acids is 1. The van der Waals surface area contributed by atoms with E-state index in [1.807, 2.05) is 59.2 Å². The molecule has 1 aliphatic carbocycles. The van der Waals surface area contributed by atoms with Crippen LogP contribution in [0, 0.1) is 5.92 Å². The monoisotopic (exact) mass is 436 g/mol. The number of imidazole rings is 1. The summed E-state index contributed by atoms with van der Waals surface area (Å²) in [6.07, 6.45) is 2.29. The van der Waals surface area contributed by atoms with Gasteiger partial charge in [0.2, 0.25) is 5.91 Å². The predicted molar refractivity (Wildman–Crippen MR) is 119 cm³/mol. The number of para-hydroxylation sites is 3. The van der Waals surface area contributed by atoms with Gasteiger partial charge >= 0.3 is 0 Å². The molecule has 4 rings (SSSR count). The maximum Gasteiger partial charge on any atom is 0.240 e. The molecule has 2 aromatic carbocycles. The minimum Gasteiger partial charge on any atom is -0.486 e. The van der Waals surface area contributed by atoms with Crippen LogP contribution in [0.5, 0.6) is 5.75 Å². The van der Waals surface area contributed by atoms with Crippen LogP contribution in [0.1, 0.15) is 18.7 Å². The number of halogens is 2. The number of hydrogen-bond acceptors (Lipinski definition) is 4. The Labute approximate surface area is 182 Å². The topological polar surface area (TPSA) is 82.2 Å². The highest BCUT2D eigenvalue weighted by molar-refractivity contribution is 5.85. The number of benzene rings is 2. The number of nitrogens with one attached hydrogen (secondary N) is 1. The van der Waals surface area contributed by atoms with Gasteiger partial charge in [-0.2, -0.15) is 0 Å². The van der Waals surface area contributed by atoms with E-state index >= 15 is 0 Å². The van der Waals surface area contributed by atoms with Crippen molar-refractivity contribution in [1.82, 2.24) is 14.9 Å². The highest BCUT2D eigenvalue weighted by Gasteiger charge is 2.31. The Hall–Kier alpha value is -2.28. The molecule has 0 saturated heterocycles. The molecule has 3 aromatic rings. The smallest absolute Gasteiger partial charge is 0.240 e. The summed E-state index contributed by atoms with van der Waals surface area (Å²) in [5, 5.41) is 3.08. The SMILES string of the molecule is Cl.Cl.NCC(NC(=O)Cn1c(COc2ccccc2)nc2ccccc21)C1CC1. The number of aromatic nitrogens is 2. The number of hydrogen-bond donors (Lipinski definition) is 2. The fraction of sp³-hybridized carbons (Fsp3) is 0.333. The van der Waals surface area contributed by atoms with E-state index in [1.54, 1.807) is 0 Å². The van der Waals surface area contributed by atoms with Crippen LogP contribution >= 0.6 is 24.8 Å². The Balaban J connectivity index is 0.00000150. The molecule has 0 aliphatic heterocycles. The molecule has 0 radical (unpaired) electrons. The lowest BCUT2D eigenvalue weighted by atomic mass is 10.2. The lowest BCUT2D eigenvalue weighted by molar-refractivity contribution is -0.122. The third-order valence-electron chi connectivity index (χ3n) is 4.94. The van der Waals surface area contributed by atoms with Crippen molar-refractivity contribution in [3.63, 3.8) is 0 Å². The Morgan fingerprint density at radius 1 is 1.14 bits per heavy atom. The van der Waals surface area contributed by atoms with E-state index in [1.165, 1.54) is 0 Å². The van der Waals surface area contributed by atoms with Gasteiger partial charge in [-0.15, -0.1) is 24.8 Å². The van der Waals surface area contributed by atoms with Crippen molar-refractivity contribution in [2.75, 3.05) is 6.54 Å². The first-order valence-corrected chi connectivity index (χ1v) is 9.36. The van der Waals surface area contributed by atoms with Gasteiger partial charge in [-0.05, 0) is 43.0 Å². The first kappa shape index (κ1) is 23.0. The minimum absolute atomic E-state index is 0. The Kier molecular flexibility index (Phi) is 8.32. The molecule has 156 valence electrons. The van der Waals surface area contributed by atoms with Gasteiger partial charge in [0.05, 0.1) is 11.0 Å². The molecule has 1 saturated carbocycles. The van der Waals surface area contributed by atoms with Crippen molar-refractivity contribution in [2.24, 2.45) is 11.7 Å². The predicted octanol–water partition coefficient (Wildman–Crippen LogP) is 3.31. The number of fused-ring (bicyclic) bond motifs is 1. The molecule has 1 unspecified atom stereocenters. The van der Waals surface area contributed by atoms with Gasteiger partial charge in [-0.1, -0.05) is 30.3 Å². The summed E-state index contributed by atoms with van der Waals surface area (Å²) in [4.78, 5) is 17.3. The third-order valence-corrected chi connectivity index (χ3v) is 4.94. The fourth-order valence-electron chi connectivity index (χ4n) is 3.34. The van der Waals surface area contributed by atoms with Crippen molar-refractivity contribution in [2.45, 2.75) is 32.0 Å². The van der Waals surface area contributed by atoms with Gasteiger partial charge < -0.3 is 20.4 Å². The summed E-state index contributed by atoms with van der Waals surface area (Å²) in [5.41, 5.74) is 7.60. The Morgan fingerprint density at radius 2 is 1.83 bits per heavy atom. The van der Waals surface area contributed by atoms with E-state index in [0.717, 1.165) is 35.4 Å². The molecule has 0 spiro atoms. The van der Waals surface area contributed by atoms with Crippen molar-refractivity contribution >= 4 is 41.8 Å².